The number of rotatable bonds is 11. The Morgan fingerprint density at radius 2 is 1.70 bits per heavy atom. The van der Waals surface area contributed by atoms with Crippen LogP contribution in [-0.4, -0.2) is 35.8 Å². The van der Waals surface area contributed by atoms with E-state index in [1.54, 1.807) is 20.8 Å². The molecule has 0 aromatic carbocycles. The molecule has 0 aromatic rings. The molecule has 0 heterocycles. The summed E-state index contributed by atoms with van der Waals surface area (Å²) in [4.78, 5) is 23.9. The van der Waals surface area contributed by atoms with Crippen molar-refractivity contribution in [2.75, 3.05) is 6.54 Å². The number of nitrogens with zero attached hydrogens (tertiary/aromatic N) is 2. The lowest BCUT2D eigenvalue weighted by Crippen LogP contribution is -2.28. The molecular formula is C16H30N4O3. The zero-order valence-corrected chi connectivity index (χ0v) is 14.9. The van der Waals surface area contributed by atoms with E-state index < -0.39 is 6.10 Å². The maximum atomic E-state index is 12.2. The highest BCUT2D eigenvalue weighted by atomic mass is 16.5. The van der Waals surface area contributed by atoms with Crippen molar-refractivity contribution >= 4 is 23.2 Å². The fourth-order valence-corrected chi connectivity index (χ4v) is 1.78. The van der Waals surface area contributed by atoms with E-state index in [2.05, 4.69) is 15.6 Å². The number of ketones is 1. The second kappa shape index (κ2) is 11.6. The number of esters is 1. The first-order valence-electron chi connectivity index (χ1n) is 8.03. The van der Waals surface area contributed by atoms with Gasteiger partial charge in [0.2, 0.25) is 0 Å². The summed E-state index contributed by atoms with van der Waals surface area (Å²) >= 11 is 0. The standard InChI is InChI=1S/C16H30N4O3/c1-6-18-20-12(3)7-9-15(21)13(4)14(5)23-16(22)10-8-11(2)19-17/h13-14,18H,6-10,17H2,1-5H3/b19-11+,20-12+. The van der Waals surface area contributed by atoms with E-state index in [1.807, 2.05) is 13.8 Å². The van der Waals surface area contributed by atoms with Crippen molar-refractivity contribution < 1.29 is 14.3 Å². The Morgan fingerprint density at radius 3 is 2.26 bits per heavy atom. The van der Waals surface area contributed by atoms with Gasteiger partial charge >= 0.3 is 5.97 Å². The van der Waals surface area contributed by atoms with Crippen LogP contribution >= 0.6 is 0 Å². The van der Waals surface area contributed by atoms with Crippen molar-refractivity contribution in [3.05, 3.63) is 0 Å². The SMILES string of the molecule is CCN/N=C(\C)CCC(=O)C(C)C(C)OC(=O)CC/C(C)=N/N. The van der Waals surface area contributed by atoms with Crippen LogP contribution in [0, 0.1) is 5.92 Å². The number of ether oxygens (including phenoxy) is 1. The molecule has 7 nitrogen and oxygen atoms in total. The van der Waals surface area contributed by atoms with E-state index in [9.17, 15) is 9.59 Å². The Balaban J connectivity index is 4.23. The van der Waals surface area contributed by atoms with Gasteiger partial charge in [0.15, 0.2) is 0 Å². The van der Waals surface area contributed by atoms with E-state index in [-0.39, 0.29) is 24.1 Å². The molecule has 0 bridgehead atoms. The molecule has 0 aliphatic carbocycles. The van der Waals surface area contributed by atoms with Gasteiger partial charge in [0.25, 0.3) is 0 Å². The number of hydrazone groups is 2. The van der Waals surface area contributed by atoms with E-state index in [0.717, 1.165) is 12.3 Å². The van der Waals surface area contributed by atoms with Gasteiger partial charge in [0.1, 0.15) is 11.9 Å². The first-order valence-corrected chi connectivity index (χ1v) is 8.03. The summed E-state index contributed by atoms with van der Waals surface area (Å²) in [5, 5.41) is 7.63. The summed E-state index contributed by atoms with van der Waals surface area (Å²) in [6.07, 6.45) is 1.22. The Hall–Kier alpha value is -1.92. The van der Waals surface area contributed by atoms with Crippen LogP contribution in [0.2, 0.25) is 0 Å². The topological polar surface area (TPSA) is 106 Å². The molecular weight excluding hydrogens is 296 g/mol. The fourth-order valence-electron chi connectivity index (χ4n) is 1.78. The molecule has 0 fully saturated rings. The summed E-state index contributed by atoms with van der Waals surface area (Å²) in [7, 11) is 0. The summed E-state index contributed by atoms with van der Waals surface area (Å²) in [5.74, 6) is 4.50. The van der Waals surface area contributed by atoms with Gasteiger partial charge in [-0.25, -0.2) is 0 Å². The number of carbonyl (C=O) groups excluding carboxylic acids is 2. The molecule has 0 amide bonds. The molecule has 0 aromatic heterocycles. The molecule has 0 rings (SSSR count). The smallest absolute Gasteiger partial charge is 0.306 e. The minimum atomic E-state index is -0.448. The fraction of sp³-hybridized carbons (Fsp3) is 0.750. The van der Waals surface area contributed by atoms with Gasteiger partial charge in [-0.15, -0.1) is 0 Å². The molecule has 2 unspecified atom stereocenters. The molecule has 132 valence electrons. The van der Waals surface area contributed by atoms with Gasteiger partial charge in [-0.1, -0.05) is 6.92 Å². The van der Waals surface area contributed by atoms with Gasteiger partial charge in [-0.3, -0.25) is 9.59 Å². The maximum absolute atomic E-state index is 12.2. The zero-order valence-electron chi connectivity index (χ0n) is 14.9. The second-order valence-electron chi connectivity index (χ2n) is 5.67. The molecule has 0 saturated heterocycles. The average Bonchev–Trinajstić information content (AvgIpc) is 2.54. The number of hydrogen-bond acceptors (Lipinski definition) is 7. The first kappa shape index (κ1) is 21.1. The Kier molecular flexibility index (Phi) is 10.7. The first-order chi connectivity index (χ1) is 10.8. The highest BCUT2D eigenvalue weighted by molar-refractivity contribution is 5.89. The maximum Gasteiger partial charge on any atom is 0.306 e. The van der Waals surface area contributed by atoms with Crippen molar-refractivity contribution in [2.24, 2.45) is 22.0 Å². The molecule has 7 heteroatoms. The molecule has 0 radical (unpaired) electrons. The lowest BCUT2D eigenvalue weighted by atomic mass is 9.96. The highest BCUT2D eigenvalue weighted by Crippen LogP contribution is 2.13. The third-order valence-electron chi connectivity index (χ3n) is 3.60. The van der Waals surface area contributed by atoms with Gasteiger partial charge in [0, 0.05) is 24.4 Å². The van der Waals surface area contributed by atoms with Crippen molar-refractivity contribution in [1.29, 1.82) is 0 Å². The van der Waals surface area contributed by atoms with E-state index in [1.165, 1.54) is 0 Å². The average molecular weight is 326 g/mol. The van der Waals surface area contributed by atoms with Crippen LogP contribution in [0.1, 0.15) is 60.3 Å². The Labute approximate surface area is 138 Å². The number of nitrogens with two attached hydrogens (primary N) is 1. The van der Waals surface area contributed by atoms with Crippen LogP contribution < -0.4 is 11.3 Å². The van der Waals surface area contributed by atoms with Crippen molar-refractivity contribution in [1.82, 2.24) is 5.43 Å². The van der Waals surface area contributed by atoms with Gasteiger partial charge < -0.3 is 16.0 Å². The third kappa shape index (κ3) is 9.65. The summed E-state index contributed by atoms with van der Waals surface area (Å²) < 4.78 is 5.30. The van der Waals surface area contributed by atoms with Crippen molar-refractivity contribution in [3.8, 4) is 0 Å². The highest BCUT2D eigenvalue weighted by Gasteiger charge is 2.23. The molecule has 3 N–H and O–H groups in total. The van der Waals surface area contributed by atoms with E-state index >= 15 is 0 Å². The summed E-state index contributed by atoms with van der Waals surface area (Å²) in [6, 6.07) is 0. The third-order valence-corrected chi connectivity index (χ3v) is 3.60. The van der Waals surface area contributed by atoms with Gasteiger partial charge in [-0.05, 0) is 40.5 Å². The predicted octanol–water partition coefficient (Wildman–Crippen LogP) is 2.00. The number of carbonyl (C=O) groups is 2. The lowest BCUT2D eigenvalue weighted by molar-refractivity contribution is -0.151. The number of hydrogen-bond donors (Lipinski definition) is 2. The normalized spacial score (nSPS) is 15.0. The van der Waals surface area contributed by atoms with Gasteiger partial charge in [-0.2, -0.15) is 10.2 Å². The van der Waals surface area contributed by atoms with Crippen LogP contribution in [0.15, 0.2) is 10.2 Å². The lowest BCUT2D eigenvalue weighted by Gasteiger charge is -2.19. The monoisotopic (exact) mass is 326 g/mol. The molecule has 0 aliphatic heterocycles. The van der Waals surface area contributed by atoms with Crippen LogP contribution in [0.4, 0.5) is 0 Å². The molecule has 0 spiro atoms. The quantitative estimate of drug-likeness (QED) is 0.261. The van der Waals surface area contributed by atoms with Crippen LogP contribution in [-0.2, 0) is 14.3 Å². The summed E-state index contributed by atoms with van der Waals surface area (Å²) in [5.41, 5.74) is 4.44. The zero-order chi connectivity index (χ0) is 17.8. The summed E-state index contributed by atoms with van der Waals surface area (Å²) in [6.45, 7) is 9.86. The minimum absolute atomic E-state index is 0.0658. The molecule has 2 atom stereocenters. The molecule has 23 heavy (non-hydrogen) atoms. The van der Waals surface area contributed by atoms with Crippen LogP contribution in [0.25, 0.3) is 0 Å². The molecule has 0 saturated carbocycles. The second-order valence-corrected chi connectivity index (χ2v) is 5.67. The molecule has 0 aliphatic rings. The van der Waals surface area contributed by atoms with E-state index in [4.69, 9.17) is 10.6 Å². The Bertz CT molecular complexity index is 447. The largest absolute Gasteiger partial charge is 0.462 e. The van der Waals surface area contributed by atoms with Crippen molar-refractivity contribution in [3.63, 3.8) is 0 Å². The van der Waals surface area contributed by atoms with Crippen molar-refractivity contribution in [2.45, 2.75) is 66.4 Å². The van der Waals surface area contributed by atoms with Crippen LogP contribution in [0.3, 0.4) is 0 Å². The number of Topliss-reactive ketones (excluding diaryl/α,β-unsaturated/α-hetero) is 1. The number of nitrogens with one attached hydrogen (secondary N) is 1. The Morgan fingerprint density at radius 1 is 1.09 bits per heavy atom. The van der Waals surface area contributed by atoms with Gasteiger partial charge in [0.05, 0.1) is 12.3 Å². The predicted molar refractivity (Wildman–Crippen MR) is 92.3 cm³/mol. The van der Waals surface area contributed by atoms with Crippen LogP contribution in [0.5, 0.6) is 0 Å². The minimum Gasteiger partial charge on any atom is -0.462 e. The van der Waals surface area contributed by atoms with E-state index in [0.29, 0.717) is 25.0 Å².